The minimum atomic E-state index is -0.488. The molecule has 3 aromatic rings. The molecule has 2 aromatic carbocycles. The summed E-state index contributed by atoms with van der Waals surface area (Å²) in [6.45, 7) is 1.78. The lowest BCUT2D eigenvalue weighted by Gasteiger charge is -2.25. The Morgan fingerprint density at radius 2 is 2.06 bits per heavy atom. The number of aryl methyl sites for hydroxylation is 2. The topological polar surface area (TPSA) is 109 Å². The molecule has 1 unspecified atom stereocenters. The molecule has 1 amide bonds. The number of aromatic nitrogens is 1. The number of anilines is 1. The van der Waals surface area contributed by atoms with Crippen LogP contribution in [0.2, 0.25) is 0 Å². The van der Waals surface area contributed by atoms with Crippen molar-refractivity contribution in [2.45, 2.75) is 43.6 Å². The number of non-ortho nitro benzene ring substituents is 1. The Morgan fingerprint density at radius 1 is 1.26 bits per heavy atom. The molecule has 172 valence electrons. The summed E-state index contributed by atoms with van der Waals surface area (Å²) in [5, 5.41) is 24.1. The molecule has 0 fully saturated rings. The average molecular weight is 473 g/mol. The van der Waals surface area contributed by atoms with Crippen LogP contribution in [0.5, 0.6) is 0 Å². The summed E-state index contributed by atoms with van der Waals surface area (Å²) in [7, 11) is 0. The van der Waals surface area contributed by atoms with E-state index in [1.165, 1.54) is 29.5 Å². The molecular weight excluding hydrogens is 448 g/mol. The smallest absolute Gasteiger partial charge is 0.271 e. The van der Waals surface area contributed by atoms with E-state index in [4.69, 9.17) is 4.98 Å². The van der Waals surface area contributed by atoms with Crippen molar-refractivity contribution in [2.75, 3.05) is 11.1 Å². The van der Waals surface area contributed by atoms with Gasteiger partial charge in [0.15, 0.2) is 0 Å². The predicted octanol–water partition coefficient (Wildman–Crippen LogP) is 5.56. The maximum absolute atomic E-state index is 12.4. The minimum absolute atomic E-state index is 0.0679. The third-order valence-corrected chi connectivity index (χ3v) is 7.01. The highest BCUT2D eigenvalue weighted by atomic mass is 32.2. The fraction of sp³-hybridized carbons (Fsp3) is 0.269. The van der Waals surface area contributed by atoms with Crippen molar-refractivity contribution in [1.82, 2.24) is 4.98 Å². The van der Waals surface area contributed by atoms with Gasteiger partial charge in [-0.05, 0) is 54.9 Å². The van der Waals surface area contributed by atoms with Crippen molar-refractivity contribution < 1.29 is 9.72 Å². The highest BCUT2D eigenvalue weighted by Crippen LogP contribution is 2.34. The first-order chi connectivity index (χ1) is 16.4. The van der Waals surface area contributed by atoms with Gasteiger partial charge in [0.25, 0.3) is 5.69 Å². The summed E-state index contributed by atoms with van der Waals surface area (Å²) in [5.41, 5.74) is 5.12. The van der Waals surface area contributed by atoms with Gasteiger partial charge in [0.1, 0.15) is 11.1 Å². The lowest BCUT2D eigenvalue weighted by molar-refractivity contribution is -0.384. The van der Waals surface area contributed by atoms with E-state index < -0.39 is 4.92 Å². The Kier molecular flexibility index (Phi) is 7.24. The number of nitro groups is 1. The van der Waals surface area contributed by atoms with Crippen molar-refractivity contribution >= 4 is 29.0 Å². The Hall–Kier alpha value is -3.70. The Morgan fingerprint density at radius 3 is 2.79 bits per heavy atom. The van der Waals surface area contributed by atoms with E-state index in [0.29, 0.717) is 27.9 Å². The maximum Gasteiger partial charge on any atom is 0.271 e. The van der Waals surface area contributed by atoms with Crippen LogP contribution in [0.1, 0.15) is 46.7 Å². The van der Waals surface area contributed by atoms with Crippen LogP contribution in [0, 0.1) is 28.4 Å². The predicted molar refractivity (Wildman–Crippen MR) is 132 cm³/mol. The molecule has 0 saturated carbocycles. The number of nitriles is 1. The number of rotatable bonds is 7. The highest BCUT2D eigenvalue weighted by molar-refractivity contribution is 7.99. The van der Waals surface area contributed by atoms with Gasteiger partial charge in [-0.1, -0.05) is 36.4 Å². The Labute approximate surface area is 202 Å². The molecule has 34 heavy (non-hydrogen) atoms. The van der Waals surface area contributed by atoms with Crippen molar-refractivity contribution in [1.29, 1.82) is 5.26 Å². The first-order valence-electron chi connectivity index (χ1n) is 11.1. The lowest BCUT2D eigenvalue weighted by atomic mass is 9.82. The van der Waals surface area contributed by atoms with Gasteiger partial charge in [-0.25, -0.2) is 4.98 Å². The van der Waals surface area contributed by atoms with Crippen molar-refractivity contribution in [3.8, 4) is 6.07 Å². The molecule has 1 aliphatic carbocycles. The molecule has 1 atom stereocenters. The van der Waals surface area contributed by atoms with E-state index in [-0.39, 0.29) is 18.0 Å². The summed E-state index contributed by atoms with van der Waals surface area (Å²) < 4.78 is 0. The molecule has 1 aliphatic rings. The number of amides is 1. The largest absolute Gasteiger partial charge is 0.326 e. The zero-order valence-electron chi connectivity index (χ0n) is 18.8. The lowest BCUT2D eigenvalue weighted by Crippen LogP contribution is -2.15. The number of carbonyl (C=O) groups excluding carboxylic acids is 1. The SMILES string of the molecule is Cc1ccc([N+](=O)[O-])cc1NC(=O)CCSc1nc2c(cc1C#N)CC(c1ccccc1)CC2. The molecule has 0 bridgehead atoms. The Balaban J connectivity index is 1.38. The van der Waals surface area contributed by atoms with Gasteiger partial charge in [0, 0.05) is 30.0 Å². The first-order valence-corrected chi connectivity index (χ1v) is 12.1. The highest BCUT2D eigenvalue weighted by Gasteiger charge is 2.23. The number of nitrogens with zero attached hydrogens (tertiary/aromatic N) is 3. The van der Waals surface area contributed by atoms with Crippen LogP contribution in [-0.2, 0) is 17.6 Å². The van der Waals surface area contributed by atoms with Gasteiger partial charge in [-0.15, -0.1) is 11.8 Å². The summed E-state index contributed by atoms with van der Waals surface area (Å²) in [4.78, 5) is 27.7. The van der Waals surface area contributed by atoms with Crippen LogP contribution < -0.4 is 5.32 Å². The third kappa shape index (κ3) is 5.43. The number of nitrogens with one attached hydrogen (secondary N) is 1. The van der Waals surface area contributed by atoms with Crippen LogP contribution in [0.3, 0.4) is 0 Å². The van der Waals surface area contributed by atoms with Gasteiger partial charge in [-0.3, -0.25) is 14.9 Å². The van der Waals surface area contributed by atoms with Crippen LogP contribution >= 0.6 is 11.8 Å². The molecule has 1 aromatic heterocycles. The van der Waals surface area contributed by atoms with E-state index >= 15 is 0 Å². The summed E-state index contributed by atoms with van der Waals surface area (Å²) in [6, 6.07) is 19.0. The maximum atomic E-state index is 12.4. The van der Waals surface area contributed by atoms with Gasteiger partial charge in [0.05, 0.1) is 16.2 Å². The number of hydrogen-bond donors (Lipinski definition) is 1. The van der Waals surface area contributed by atoms with E-state index in [1.54, 1.807) is 13.0 Å². The molecule has 0 radical (unpaired) electrons. The summed E-state index contributed by atoms with van der Waals surface area (Å²) in [6.07, 6.45) is 2.95. The zero-order chi connectivity index (χ0) is 24.1. The Bertz CT molecular complexity index is 1270. The first kappa shape index (κ1) is 23.5. The molecule has 0 saturated heterocycles. The second-order valence-corrected chi connectivity index (χ2v) is 9.40. The molecule has 0 aliphatic heterocycles. The van der Waals surface area contributed by atoms with Crippen LogP contribution in [0.25, 0.3) is 0 Å². The van der Waals surface area contributed by atoms with Gasteiger partial charge >= 0.3 is 0 Å². The fourth-order valence-electron chi connectivity index (χ4n) is 4.16. The molecule has 1 heterocycles. The van der Waals surface area contributed by atoms with Crippen LogP contribution in [-0.4, -0.2) is 21.6 Å². The van der Waals surface area contributed by atoms with Gasteiger partial charge in [0.2, 0.25) is 5.91 Å². The van der Waals surface area contributed by atoms with Gasteiger partial charge < -0.3 is 5.32 Å². The van der Waals surface area contributed by atoms with Crippen LogP contribution in [0.15, 0.2) is 59.6 Å². The average Bonchev–Trinajstić information content (AvgIpc) is 2.85. The number of thioether (sulfide) groups is 1. The van der Waals surface area contributed by atoms with Crippen LogP contribution in [0.4, 0.5) is 11.4 Å². The van der Waals surface area contributed by atoms with E-state index in [9.17, 15) is 20.2 Å². The van der Waals surface area contributed by atoms with Crippen molar-refractivity contribution in [3.05, 3.63) is 92.7 Å². The molecule has 8 heteroatoms. The second kappa shape index (κ2) is 10.5. The number of pyridine rings is 1. The third-order valence-electron chi connectivity index (χ3n) is 6.02. The zero-order valence-corrected chi connectivity index (χ0v) is 19.6. The number of nitro benzene ring substituents is 1. The standard InChI is InChI=1S/C26H24N4O3S/c1-17-7-9-22(30(32)33)15-24(17)28-25(31)11-12-34-26-21(16-27)14-20-13-19(8-10-23(20)29-26)18-5-3-2-4-6-18/h2-7,9,14-15,19H,8,10-13H2,1H3,(H,28,31). The molecular formula is C26H24N4O3S. The normalized spacial score (nSPS) is 14.6. The number of fused-ring (bicyclic) bond motifs is 1. The van der Waals surface area contributed by atoms with E-state index in [0.717, 1.165) is 36.1 Å². The molecule has 7 nitrogen and oxygen atoms in total. The number of carbonyl (C=O) groups is 1. The number of benzene rings is 2. The number of hydrogen-bond acceptors (Lipinski definition) is 6. The fourth-order valence-corrected chi connectivity index (χ4v) is 5.07. The van der Waals surface area contributed by atoms with Crippen molar-refractivity contribution in [2.24, 2.45) is 0 Å². The molecule has 4 rings (SSSR count). The second-order valence-electron chi connectivity index (χ2n) is 8.31. The quantitative estimate of drug-likeness (QED) is 0.274. The van der Waals surface area contributed by atoms with Gasteiger partial charge in [-0.2, -0.15) is 5.26 Å². The monoisotopic (exact) mass is 472 g/mol. The molecule has 1 N–H and O–H groups in total. The van der Waals surface area contributed by atoms with E-state index in [2.05, 4.69) is 35.7 Å². The van der Waals surface area contributed by atoms with E-state index in [1.807, 2.05) is 12.1 Å². The molecule has 0 spiro atoms. The summed E-state index contributed by atoms with van der Waals surface area (Å²) >= 11 is 1.39. The summed E-state index contributed by atoms with van der Waals surface area (Å²) in [5.74, 6) is 0.646. The minimum Gasteiger partial charge on any atom is -0.326 e. The van der Waals surface area contributed by atoms with Crippen molar-refractivity contribution in [3.63, 3.8) is 0 Å².